The van der Waals surface area contributed by atoms with E-state index in [1.165, 1.54) is 32.1 Å². The zero-order valence-electron chi connectivity index (χ0n) is 13.7. The molecule has 1 aromatic carbocycles. The number of rotatable bonds is 5. The lowest BCUT2D eigenvalue weighted by Crippen LogP contribution is -2.41. The minimum atomic E-state index is -0.0540. The lowest BCUT2D eigenvalue weighted by atomic mass is 9.96. The largest absolute Gasteiger partial charge is 0.370 e. The Morgan fingerprint density at radius 3 is 2.74 bits per heavy atom. The third-order valence-electron chi connectivity index (χ3n) is 3.92. The third kappa shape index (κ3) is 6.76. The summed E-state index contributed by atoms with van der Waals surface area (Å²) in [5, 5.41) is 6.09. The Labute approximate surface area is 155 Å². The summed E-state index contributed by atoms with van der Waals surface area (Å²) in [6.07, 6.45) is 6.19. The van der Waals surface area contributed by atoms with E-state index in [0.717, 1.165) is 5.56 Å². The van der Waals surface area contributed by atoms with E-state index >= 15 is 0 Å². The number of amides is 1. The van der Waals surface area contributed by atoms with Gasteiger partial charge in [-0.05, 0) is 37.5 Å². The molecule has 2 rings (SSSR count). The Bertz CT molecular complexity index is 527. The van der Waals surface area contributed by atoms with Gasteiger partial charge in [-0.15, -0.1) is 24.0 Å². The van der Waals surface area contributed by atoms with Crippen molar-refractivity contribution < 1.29 is 4.79 Å². The van der Waals surface area contributed by atoms with Gasteiger partial charge in [0.05, 0.1) is 6.54 Å². The minimum Gasteiger partial charge on any atom is -0.370 e. The van der Waals surface area contributed by atoms with Gasteiger partial charge in [0, 0.05) is 18.2 Å². The van der Waals surface area contributed by atoms with Crippen LogP contribution in [0.25, 0.3) is 0 Å². The fraction of sp³-hybridized carbons (Fsp3) is 0.529. The number of nitrogens with zero attached hydrogens (tertiary/aromatic N) is 1. The molecule has 0 aliphatic heterocycles. The van der Waals surface area contributed by atoms with Crippen LogP contribution in [0.1, 0.15) is 54.9 Å². The van der Waals surface area contributed by atoms with E-state index < -0.39 is 0 Å². The first-order valence-electron chi connectivity index (χ1n) is 8.12. The van der Waals surface area contributed by atoms with Crippen LogP contribution in [-0.2, 0) is 6.54 Å². The Morgan fingerprint density at radius 1 is 1.30 bits per heavy atom. The molecule has 0 heterocycles. The fourth-order valence-corrected chi connectivity index (χ4v) is 2.75. The average Bonchev–Trinajstić information content (AvgIpc) is 2.54. The van der Waals surface area contributed by atoms with E-state index in [4.69, 9.17) is 5.73 Å². The van der Waals surface area contributed by atoms with Gasteiger partial charge in [-0.2, -0.15) is 0 Å². The number of halogens is 1. The molecule has 1 aromatic rings. The first kappa shape index (κ1) is 19.7. The van der Waals surface area contributed by atoms with Gasteiger partial charge < -0.3 is 16.4 Å². The standard InChI is InChI=1S/C17H26N4O.HI/c1-2-19-16(22)14-8-6-7-13(11-14)12-20-17(18)21-15-9-4-3-5-10-15;/h6-8,11,15H,2-5,9-10,12H2,1H3,(H,19,22)(H3,18,20,21);1H. The molecular weight excluding hydrogens is 403 g/mol. The molecule has 0 atom stereocenters. The van der Waals surface area contributed by atoms with Crippen LogP contribution in [-0.4, -0.2) is 24.5 Å². The maximum Gasteiger partial charge on any atom is 0.251 e. The molecule has 1 saturated carbocycles. The molecule has 23 heavy (non-hydrogen) atoms. The van der Waals surface area contributed by atoms with Crippen molar-refractivity contribution in [3.8, 4) is 0 Å². The van der Waals surface area contributed by atoms with Gasteiger partial charge in [0.25, 0.3) is 5.91 Å². The van der Waals surface area contributed by atoms with Gasteiger partial charge in [-0.25, -0.2) is 4.99 Å². The highest BCUT2D eigenvalue weighted by Gasteiger charge is 2.13. The van der Waals surface area contributed by atoms with Crippen molar-refractivity contribution in [3.63, 3.8) is 0 Å². The van der Waals surface area contributed by atoms with Crippen LogP contribution in [0, 0.1) is 0 Å². The van der Waals surface area contributed by atoms with Gasteiger partial charge in [0.1, 0.15) is 0 Å². The van der Waals surface area contributed by atoms with E-state index in [9.17, 15) is 4.79 Å². The quantitative estimate of drug-likeness (QED) is 0.382. The van der Waals surface area contributed by atoms with E-state index in [0.29, 0.717) is 30.7 Å². The number of nitrogens with one attached hydrogen (secondary N) is 2. The van der Waals surface area contributed by atoms with Crippen LogP contribution in [0.3, 0.4) is 0 Å². The summed E-state index contributed by atoms with van der Waals surface area (Å²) in [4.78, 5) is 16.2. The molecule has 0 unspecified atom stereocenters. The molecule has 128 valence electrons. The second-order valence-electron chi connectivity index (χ2n) is 5.74. The average molecular weight is 430 g/mol. The number of guanidine groups is 1. The predicted octanol–water partition coefficient (Wildman–Crippen LogP) is 2.79. The second kappa shape index (κ2) is 10.5. The molecule has 1 fully saturated rings. The van der Waals surface area contributed by atoms with Crippen molar-refractivity contribution in [2.75, 3.05) is 6.54 Å². The number of carbonyl (C=O) groups is 1. The van der Waals surface area contributed by atoms with Crippen LogP contribution in [0.15, 0.2) is 29.3 Å². The van der Waals surface area contributed by atoms with Crippen molar-refractivity contribution in [1.29, 1.82) is 0 Å². The summed E-state index contributed by atoms with van der Waals surface area (Å²) in [7, 11) is 0. The summed E-state index contributed by atoms with van der Waals surface area (Å²) in [5.74, 6) is 0.442. The smallest absolute Gasteiger partial charge is 0.251 e. The van der Waals surface area contributed by atoms with E-state index in [1.807, 2.05) is 31.2 Å². The van der Waals surface area contributed by atoms with Gasteiger partial charge in [0.2, 0.25) is 0 Å². The predicted molar refractivity (Wildman–Crippen MR) is 105 cm³/mol. The highest BCUT2D eigenvalue weighted by atomic mass is 127. The highest BCUT2D eigenvalue weighted by Crippen LogP contribution is 2.17. The first-order valence-corrected chi connectivity index (χ1v) is 8.12. The Hall–Kier alpha value is -1.31. The van der Waals surface area contributed by atoms with Crippen LogP contribution in [0.2, 0.25) is 0 Å². The molecule has 1 aliphatic rings. The molecule has 6 heteroatoms. The number of benzene rings is 1. The normalized spacial score (nSPS) is 15.6. The number of hydrogen-bond acceptors (Lipinski definition) is 2. The number of carbonyl (C=O) groups excluding carboxylic acids is 1. The fourth-order valence-electron chi connectivity index (χ4n) is 2.75. The number of nitrogens with two attached hydrogens (primary N) is 1. The molecule has 0 bridgehead atoms. The molecular formula is C17H27IN4O. The van der Waals surface area contributed by atoms with Gasteiger partial charge in [0.15, 0.2) is 5.96 Å². The zero-order chi connectivity index (χ0) is 15.8. The van der Waals surface area contributed by atoms with Crippen molar-refractivity contribution >= 4 is 35.8 Å². The Kier molecular flexibility index (Phi) is 8.98. The van der Waals surface area contributed by atoms with Crippen molar-refractivity contribution in [3.05, 3.63) is 35.4 Å². The topological polar surface area (TPSA) is 79.5 Å². The highest BCUT2D eigenvalue weighted by molar-refractivity contribution is 14.0. The minimum absolute atomic E-state index is 0. The monoisotopic (exact) mass is 430 g/mol. The Balaban J connectivity index is 0.00000264. The number of aliphatic imine (C=N–C) groups is 1. The lowest BCUT2D eigenvalue weighted by Gasteiger charge is -2.23. The maximum atomic E-state index is 11.8. The summed E-state index contributed by atoms with van der Waals surface area (Å²) in [5.41, 5.74) is 7.60. The van der Waals surface area contributed by atoms with Crippen molar-refractivity contribution in [2.24, 2.45) is 10.7 Å². The van der Waals surface area contributed by atoms with Crippen LogP contribution in [0.5, 0.6) is 0 Å². The van der Waals surface area contributed by atoms with E-state index in [-0.39, 0.29) is 29.9 Å². The van der Waals surface area contributed by atoms with Gasteiger partial charge in [-0.3, -0.25) is 4.79 Å². The van der Waals surface area contributed by atoms with E-state index in [2.05, 4.69) is 15.6 Å². The van der Waals surface area contributed by atoms with Crippen molar-refractivity contribution in [1.82, 2.24) is 10.6 Å². The summed E-state index contributed by atoms with van der Waals surface area (Å²) < 4.78 is 0. The molecule has 5 nitrogen and oxygen atoms in total. The van der Waals surface area contributed by atoms with Crippen LogP contribution >= 0.6 is 24.0 Å². The molecule has 1 aliphatic carbocycles. The summed E-state index contributed by atoms with van der Waals surface area (Å²) in [6.45, 7) is 3.02. The van der Waals surface area contributed by atoms with E-state index in [1.54, 1.807) is 0 Å². The molecule has 1 amide bonds. The zero-order valence-corrected chi connectivity index (χ0v) is 16.0. The number of hydrogen-bond donors (Lipinski definition) is 3. The first-order chi connectivity index (χ1) is 10.7. The lowest BCUT2D eigenvalue weighted by molar-refractivity contribution is 0.0955. The Morgan fingerprint density at radius 2 is 2.04 bits per heavy atom. The van der Waals surface area contributed by atoms with Crippen LogP contribution in [0.4, 0.5) is 0 Å². The summed E-state index contributed by atoms with van der Waals surface area (Å²) in [6, 6.07) is 7.96. The molecule has 0 spiro atoms. The summed E-state index contributed by atoms with van der Waals surface area (Å²) >= 11 is 0. The molecule has 0 saturated heterocycles. The maximum absolute atomic E-state index is 11.8. The van der Waals surface area contributed by atoms with Gasteiger partial charge >= 0.3 is 0 Å². The van der Waals surface area contributed by atoms with Gasteiger partial charge in [-0.1, -0.05) is 31.4 Å². The third-order valence-corrected chi connectivity index (χ3v) is 3.92. The van der Waals surface area contributed by atoms with Crippen molar-refractivity contribution in [2.45, 2.75) is 51.6 Å². The van der Waals surface area contributed by atoms with Crippen LogP contribution < -0.4 is 16.4 Å². The molecule has 0 aromatic heterocycles. The SMILES string of the molecule is CCNC(=O)c1cccc(CN=C(N)NC2CCCCC2)c1.I. The second-order valence-corrected chi connectivity index (χ2v) is 5.74. The molecule has 4 N–H and O–H groups in total. The molecule has 0 radical (unpaired) electrons.